The lowest BCUT2D eigenvalue weighted by molar-refractivity contribution is -0.152. The molecule has 0 fully saturated rings. The van der Waals surface area contributed by atoms with Crippen LogP contribution in [0.15, 0.2) is 36.7 Å². The summed E-state index contributed by atoms with van der Waals surface area (Å²) < 4.78 is 6.30. The summed E-state index contributed by atoms with van der Waals surface area (Å²) in [6.07, 6.45) is 1.72. The number of rotatable bonds is 6. The van der Waals surface area contributed by atoms with E-state index in [1.807, 2.05) is 30.3 Å². The molecule has 1 heterocycles. The Hall–Kier alpha value is -2.77. The number of tetrazole rings is 1. The Morgan fingerprint density at radius 2 is 2.10 bits per heavy atom. The van der Waals surface area contributed by atoms with Gasteiger partial charge in [-0.2, -0.15) is 0 Å². The quantitative estimate of drug-likeness (QED) is 0.736. The molecule has 1 N–H and O–H groups in total. The first-order chi connectivity index (χ1) is 10.2. The molecule has 0 saturated heterocycles. The van der Waals surface area contributed by atoms with Crippen molar-refractivity contribution in [3.05, 3.63) is 42.2 Å². The van der Waals surface area contributed by atoms with Crippen LogP contribution < -0.4 is 5.32 Å². The molecule has 0 aliphatic rings. The van der Waals surface area contributed by atoms with E-state index in [0.29, 0.717) is 6.42 Å². The van der Waals surface area contributed by atoms with Gasteiger partial charge in [0.1, 0.15) is 6.33 Å². The van der Waals surface area contributed by atoms with E-state index in [-0.39, 0.29) is 12.5 Å². The fourth-order valence-corrected chi connectivity index (χ4v) is 1.74. The van der Waals surface area contributed by atoms with Crippen molar-refractivity contribution in [2.24, 2.45) is 0 Å². The fraction of sp³-hybridized carbons (Fsp3) is 0.308. The molecule has 21 heavy (non-hydrogen) atoms. The van der Waals surface area contributed by atoms with Gasteiger partial charge in [0, 0.05) is 13.5 Å². The van der Waals surface area contributed by atoms with E-state index >= 15 is 0 Å². The second-order valence-corrected chi connectivity index (χ2v) is 4.28. The van der Waals surface area contributed by atoms with Gasteiger partial charge in [0.15, 0.2) is 12.6 Å². The third-order valence-electron chi connectivity index (χ3n) is 2.85. The number of likely N-dealkylation sites (N-methyl/N-ethyl adjacent to an activating group) is 1. The second-order valence-electron chi connectivity index (χ2n) is 4.28. The van der Waals surface area contributed by atoms with Gasteiger partial charge in [-0.05, 0) is 16.0 Å². The summed E-state index contributed by atoms with van der Waals surface area (Å²) in [6.45, 7) is -0.331. The van der Waals surface area contributed by atoms with E-state index in [9.17, 15) is 9.59 Å². The lowest BCUT2D eigenvalue weighted by Gasteiger charge is -2.15. The minimum absolute atomic E-state index is 0.331. The third kappa shape index (κ3) is 4.10. The lowest BCUT2D eigenvalue weighted by atomic mass is 10.1. The molecule has 2 aromatic rings. The molecule has 0 radical (unpaired) electrons. The number of ether oxygens (including phenoxy) is 1. The van der Waals surface area contributed by atoms with Gasteiger partial charge in [0.2, 0.25) is 0 Å². The van der Waals surface area contributed by atoms with Crippen LogP contribution in [0.5, 0.6) is 0 Å². The summed E-state index contributed by atoms with van der Waals surface area (Å²) in [5, 5.41) is 13.2. The zero-order chi connectivity index (χ0) is 15.1. The molecule has 1 aromatic carbocycles. The van der Waals surface area contributed by atoms with E-state index in [1.165, 1.54) is 18.1 Å². The van der Waals surface area contributed by atoms with Crippen LogP contribution in [-0.2, 0) is 20.7 Å². The summed E-state index contributed by atoms with van der Waals surface area (Å²) in [5.41, 5.74) is 0.940. The first kappa shape index (κ1) is 14.6. The summed E-state index contributed by atoms with van der Waals surface area (Å²) in [4.78, 5) is 23.3. The Balaban J connectivity index is 2.09. The minimum Gasteiger partial charge on any atom is -0.454 e. The molecule has 0 saturated carbocycles. The predicted octanol–water partition coefficient (Wildman–Crippen LogP) is -0.254. The monoisotopic (exact) mass is 289 g/mol. The van der Waals surface area contributed by atoms with Gasteiger partial charge in [0.25, 0.3) is 5.91 Å². The summed E-state index contributed by atoms with van der Waals surface area (Å²) in [5.74, 6) is -0.937. The molecule has 0 aliphatic carbocycles. The SMILES string of the molecule is CNC(=O)COC(=O)[C@@H](Cc1ccccc1)n1cnnn1. The zero-order valence-electron chi connectivity index (χ0n) is 11.5. The molecule has 0 spiro atoms. The average molecular weight is 289 g/mol. The van der Waals surface area contributed by atoms with Crippen LogP contribution >= 0.6 is 0 Å². The Labute approximate surface area is 121 Å². The number of hydrogen-bond donors (Lipinski definition) is 1. The molecule has 8 nitrogen and oxygen atoms in total. The van der Waals surface area contributed by atoms with Gasteiger partial charge in [-0.3, -0.25) is 4.79 Å². The Bertz CT molecular complexity index is 585. The molecule has 110 valence electrons. The van der Waals surface area contributed by atoms with E-state index < -0.39 is 12.0 Å². The topological polar surface area (TPSA) is 99.0 Å². The predicted molar refractivity (Wildman–Crippen MR) is 72.0 cm³/mol. The highest BCUT2D eigenvalue weighted by molar-refractivity contribution is 5.81. The number of benzene rings is 1. The molecule has 1 amide bonds. The van der Waals surface area contributed by atoms with Crippen molar-refractivity contribution in [2.75, 3.05) is 13.7 Å². The maximum Gasteiger partial charge on any atom is 0.331 e. The number of amides is 1. The van der Waals surface area contributed by atoms with Gasteiger partial charge >= 0.3 is 5.97 Å². The summed E-state index contributed by atoms with van der Waals surface area (Å²) in [6, 6.07) is 8.71. The highest BCUT2D eigenvalue weighted by Crippen LogP contribution is 2.14. The van der Waals surface area contributed by atoms with Crippen LogP contribution in [0, 0.1) is 0 Å². The number of nitrogens with zero attached hydrogens (tertiary/aromatic N) is 4. The molecule has 0 bridgehead atoms. The van der Waals surface area contributed by atoms with Gasteiger partial charge in [0.05, 0.1) is 0 Å². The number of carbonyl (C=O) groups is 2. The van der Waals surface area contributed by atoms with E-state index in [4.69, 9.17) is 4.74 Å². The largest absolute Gasteiger partial charge is 0.454 e. The molecular formula is C13H15N5O3. The van der Waals surface area contributed by atoms with Gasteiger partial charge in [-0.25, -0.2) is 9.48 Å². The van der Waals surface area contributed by atoms with Crippen LogP contribution in [0.3, 0.4) is 0 Å². The van der Waals surface area contributed by atoms with Crippen LogP contribution in [-0.4, -0.2) is 45.7 Å². The summed E-state index contributed by atoms with van der Waals surface area (Å²) >= 11 is 0. The lowest BCUT2D eigenvalue weighted by Crippen LogP contribution is -2.30. The van der Waals surface area contributed by atoms with Crippen LogP contribution in [0.1, 0.15) is 11.6 Å². The number of aromatic nitrogens is 4. The molecule has 0 unspecified atom stereocenters. The van der Waals surface area contributed by atoms with Crippen molar-refractivity contribution in [3.8, 4) is 0 Å². The fourth-order valence-electron chi connectivity index (χ4n) is 1.74. The normalized spacial score (nSPS) is 11.7. The summed E-state index contributed by atoms with van der Waals surface area (Å²) in [7, 11) is 1.47. The van der Waals surface area contributed by atoms with E-state index in [1.54, 1.807) is 0 Å². The molecule has 1 atom stereocenters. The van der Waals surface area contributed by atoms with Crippen molar-refractivity contribution in [1.82, 2.24) is 25.5 Å². The highest BCUT2D eigenvalue weighted by Gasteiger charge is 2.24. The van der Waals surface area contributed by atoms with Crippen molar-refractivity contribution < 1.29 is 14.3 Å². The Kier molecular flexibility index (Phi) is 4.97. The molecule has 1 aromatic heterocycles. The third-order valence-corrected chi connectivity index (χ3v) is 2.85. The van der Waals surface area contributed by atoms with Crippen LogP contribution in [0.2, 0.25) is 0 Å². The first-order valence-corrected chi connectivity index (χ1v) is 6.34. The number of carbonyl (C=O) groups excluding carboxylic acids is 2. The highest BCUT2D eigenvalue weighted by atomic mass is 16.5. The van der Waals surface area contributed by atoms with E-state index in [0.717, 1.165) is 5.56 Å². The zero-order valence-corrected chi connectivity index (χ0v) is 11.5. The Morgan fingerprint density at radius 3 is 2.71 bits per heavy atom. The molecule has 8 heteroatoms. The van der Waals surface area contributed by atoms with Gasteiger partial charge < -0.3 is 10.1 Å². The van der Waals surface area contributed by atoms with Crippen LogP contribution in [0.4, 0.5) is 0 Å². The molecule has 0 aliphatic heterocycles. The maximum atomic E-state index is 12.1. The minimum atomic E-state index is -0.716. The smallest absolute Gasteiger partial charge is 0.331 e. The number of nitrogens with one attached hydrogen (secondary N) is 1. The standard InChI is InChI=1S/C13H15N5O3/c1-14-12(19)8-21-13(20)11(18-9-15-16-17-18)7-10-5-3-2-4-6-10/h2-6,9,11H,7-8H2,1H3,(H,14,19)/t11-/m1/s1. The van der Waals surface area contributed by atoms with Crippen molar-refractivity contribution >= 4 is 11.9 Å². The van der Waals surface area contributed by atoms with Crippen molar-refractivity contribution in [3.63, 3.8) is 0 Å². The number of esters is 1. The maximum absolute atomic E-state index is 12.1. The average Bonchev–Trinajstić information content (AvgIpc) is 3.05. The second kappa shape index (κ2) is 7.13. The first-order valence-electron chi connectivity index (χ1n) is 6.34. The molecular weight excluding hydrogens is 274 g/mol. The van der Waals surface area contributed by atoms with Gasteiger partial charge in [-0.1, -0.05) is 30.3 Å². The van der Waals surface area contributed by atoms with Crippen LogP contribution in [0.25, 0.3) is 0 Å². The van der Waals surface area contributed by atoms with Gasteiger partial charge in [-0.15, -0.1) is 5.10 Å². The molecule has 2 rings (SSSR count). The number of hydrogen-bond acceptors (Lipinski definition) is 6. The Morgan fingerprint density at radius 1 is 1.33 bits per heavy atom. The van der Waals surface area contributed by atoms with E-state index in [2.05, 4.69) is 20.8 Å². The van der Waals surface area contributed by atoms with Crippen molar-refractivity contribution in [2.45, 2.75) is 12.5 Å². The van der Waals surface area contributed by atoms with Crippen molar-refractivity contribution in [1.29, 1.82) is 0 Å².